The second-order valence-corrected chi connectivity index (χ2v) is 6.15. The molecular formula is C12H19N5OS. The minimum absolute atomic E-state index is 0.0919. The molecule has 2 fully saturated rings. The number of carbonyl (C=O) groups is 1. The van der Waals surface area contributed by atoms with Crippen LogP contribution >= 0.6 is 11.3 Å². The molecule has 104 valence electrons. The number of nitrogens with one attached hydrogen (secondary N) is 3. The fourth-order valence-electron chi connectivity index (χ4n) is 2.18. The molecule has 0 atom stereocenters. The molecule has 3 rings (SSSR count). The number of amides is 1. The van der Waals surface area contributed by atoms with Crippen molar-refractivity contribution in [2.24, 2.45) is 0 Å². The Hall–Kier alpha value is -1.34. The van der Waals surface area contributed by atoms with Crippen LogP contribution in [0.5, 0.6) is 0 Å². The molecule has 1 aliphatic carbocycles. The summed E-state index contributed by atoms with van der Waals surface area (Å²) in [5.74, 6) is 0.241. The summed E-state index contributed by atoms with van der Waals surface area (Å²) >= 11 is 1.35. The number of carbonyl (C=O) groups excluding carboxylic acids is 1. The predicted molar refractivity (Wildman–Crippen MR) is 76.5 cm³/mol. The summed E-state index contributed by atoms with van der Waals surface area (Å²) in [7, 11) is 0. The topological polar surface area (TPSA) is 92.1 Å². The number of nitrogen functional groups attached to an aromatic ring is 1. The third kappa shape index (κ3) is 3.16. The quantitative estimate of drug-likeness (QED) is 0.654. The highest BCUT2D eigenvalue weighted by Gasteiger charge is 2.25. The number of hydrogen-bond donors (Lipinski definition) is 4. The van der Waals surface area contributed by atoms with Crippen molar-refractivity contribution < 1.29 is 4.79 Å². The van der Waals surface area contributed by atoms with Gasteiger partial charge >= 0.3 is 0 Å². The van der Waals surface area contributed by atoms with Crippen LogP contribution in [0.2, 0.25) is 0 Å². The van der Waals surface area contributed by atoms with Gasteiger partial charge in [-0.2, -0.15) is 0 Å². The Bertz CT molecular complexity index is 465. The van der Waals surface area contributed by atoms with Gasteiger partial charge in [-0.3, -0.25) is 4.79 Å². The molecule has 2 aliphatic rings. The van der Waals surface area contributed by atoms with Crippen molar-refractivity contribution in [1.29, 1.82) is 0 Å². The van der Waals surface area contributed by atoms with Gasteiger partial charge in [0.15, 0.2) is 5.13 Å². The molecule has 19 heavy (non-hydrogen) atoms. The Labute approximate surface area is 116 Å². The van der Waals surface area contributed by atoms with Crippen LogP contribution in [-0.2, 0) is 0 Å². The molecule has 5 N–H and O–H groups in total. The zero-order valence-corrected chi connectivity index (χ0v) is 11.6. The van der Waals surface area contributed by atoms with Crippen LogP contribution in [0.15, 0.2) is 0 Å². The lowest BCUT2D eigenvalue weighted by atomic mass is 10.1. The third-order valence-corrected chi connectivity index (χ3v) is 4.44. The second-order valence-electron chi connectivity index (χ2n) is 5.15. The summed E-state index contributed by atoms with van der Waals surface area (Å²) in [4.78, 5) is 16.9. The molecule has 0 radical (unpaired) electrons. The number of anilines is 2. The Morgan fingerprint density at radius 2 is 2.00 bits per heavy atom. The lowest BCUT2D eigenvalue weighted by molar-refractivity contribution is 0.0934. The van der Waals surface area contributed by atoms with Gasteiger partial charge in [0.05, 0.1) is 0 Å². The summed E-state index contributed by atoms with van der Waals surface area (Å²) in [5, 5.41) is 10.4. The predicted octanol–water partition coefficient (Wildman–Crippen LogP) is 0.781. The molecule has 2 heterocycles. The van der Waals surface area contributed by atoms with Gasteiger partial charge < -0.3 is 21.7 Å². The van der Waals surface area contributed by atoms with E-state index in [1.807, 2.05) is 0 Å². The monoisotopic (exact) mass is 281 g/mol. The molecule has 1 amide bonds. The lowest BCUT2D eigenvalue weighted by Crippen LogP contribution is -2.42. The Balaban J connectivity index is 1.62. The van der Waals surface area contributed by atoms with Crippen molar-refractivity contribution in [1.82, 2.24) is 15.6 Å². The minimum Gasteiger partial charge on any atom is -0.382 e. The zero-order valence-electron chi connectivity index (χ0n) is 10.7. The summed E-state index contributed by atoms with van der Waals surface area (Å²) in [6.07, 6.45) is 4.29. The van der Waals surface area contributed by atoms with Gasteiger partial charge in [0, 0.05) is 12.1 Å². The molecule has 0 aromatic carbocycles. The van der Waals surface area contributed by atoms with E-state index in [9.17, 15) is 4.79 Å². The third-order valence-electron chi connectivity index (χ3n) is 3.44. The van der Waals surface area contributed by atoms with E-state index < -0.39 is 0 Å². The normalized spacial score (nSPS) is 20.2. The minimum atomic E-state index is -0.0919. The first-order valence-electron chi connectivity index (χ1n) is 6.77. The van der Waals surface area contributed by atoms with Gasteiger partial charge in [0.1, 0.15) is 10.7 Å². The van der Waals surface area contributed by atoms with Crippen molar-refractivity contribution in [3.8, 4) is 0 Å². The smallest absolute Gasteiger partial charge is 0.265 e. The summed E-state index contributed by atoms with van der Waals surface area (Å²) in [6.45, 7) is 1.91. The van der Waals surface area contributed by atoms with E-state index in [1.165, 1.54) is 24.2 Å². The molecule has 7 heteroatoms. The Morgan fingerprint density at radius 3 is 2.68 bits per heavy atom. The van der Waals surface area contributed by atoms with Crippen LogP contribution < -0.4 is 21.7 Å². The fourth-order valence-corrected chi connectivity index (χ4v) is 3.04. The van der Waals surface area contributed by atoms with Crippen LogP contribution in [0.4, 0.5) is 10.9 Å². The van der Waals surface area contributed by atoms with Gasteiger partial charge in [-0.25, -0.2) is 4.98 Å². The van der Waals surface area contributed by atoms with E-state index in [4.69, 9.17) is 5.73 Å². The number of piperidine rings is 1. The van der Waals surface area contributed by atoms with Gasteiger partial charge in [-0.05, 0) is 38.8 Å². The first kappa shape index (κ1) is 12.7. The zero-order chi connectivity index (χ0) is 13.2. The van der Waals surface area contributed by atoms with Crippen molar-refractivity contribution >= 4 is 28.2 Å². The molecule has 1 aromatic heterocycles. The van der Waals surface area contributed by atoms with Crippen molar-refractivity contribution in [2.45, 2.75) is 37.8 Å². The standard InChI is InChI=1S/C12H19N5OS/c13-10-9(19-12(17-10)16-7-1-2-7)11(18)15-8-3-5-14-6-4-8/h7-8,14H,1-6,13H2,(H,15,18)(H,16,17). The highest BCUT2D eigenvalue weighted by atomic mass is 32.1. The van der Waals surface area contributed by atoms with E-state index in [0.29, 0.717) is 16.7 Å². The largest absolute Gasteiger partial charge is 0.382 e. The Morgan fingerprint density at radius 1 is 1.26 bits per heavy atom. The van der Waals surface area contributed by atoms with E-state index in [-0.39, 0.29) is 11.9 Å². The number of rotatable bonds is 4. The summed E-state index contributed by atoms with van der Waals surface area (Å²) in [5.41, 5.74) is 5.83. The van der Waals surface area contributed by atoms with Gasteiger partial charge in [0.2, 0.25) is 0 Å². The maximum absolute atomic E-state index is 12.2. The first-order valence-corrected chi connectivity index (χ1v) is 7.58. The van der Waals surface area contributed by atoms with Crippen LogP contribution in [0.25, 0.3) is 0 Å². The number of thiazole rings is 1. The number of nitrogens with zero attached hydrogens (tertiary/aromatic N) is 1. The highest BCUT2D eigenvalue weighted by Crippen LogP contribution is 2.30. The van der Waals surface area contributed by atoms with E-state index in [0.717, 1.165) is 31.1 Å². The maximum Gasteiger partial charge on any atom is 0.265 e. The van der Waals surface area contributed by atoms with Crippen LogP contribution in [0.1, 0.15) is 35.4 Å². The fraction of sp³-hybridized carbons (Fsp3) is 0.667. The van der Waals surface area contributed by atoms with E-state index in [2.05, 4.69) is 20.9 Å². The summed E-state index contributed by atoms with van der Waals surface area (Å²) < 4.78 is 0. The highest BCUT2D eigenvalue weighted by molar-refractivity contribution is 7.18. The molecule has 0 spiro atoms. The molecule has 1 aliphatic heterocycles. The van der Waals surface area contributed by atoms with Crippen molar-refractivity contribution in [3.05, 3.63) is 4.88 Å². The molecule has 1 aromatic rings. The maximum atomic E-state index is 12.2. The molecule has 1 saturated carbocycles. The number of hydrogen-bond acceptors (Lipinski definition) is 6. The molecule has 0 unspecified atom stereocenters. The van der Waals surface area contributed by atoms with Crippen LogP contribution in [0.3, 0.4) is 0 Å². The van der Waals surface area contributed by atoms with E-state index >= 15 is 0 Å². The van der Waals surface area contributed by atoms with Crippen LogP contribution in [-0.4, -0.2) is 36.1 Å². The lowest BCUT2D eigenvalue weighted by Gasteiger charge is -2.23. The SMILES string of the molecule is Nc1nc(NC2CC2)sc1C(=O)NC1CCNCC1. The van der Waals surface area contributed by atoms with Gasteiger partial charge in [0.25, 0.3) is 5.91 Å². The second kappa shape index (κ2) is 5.34. The first-order chi connectivity index (χ1) is 9.22. The summed E-state index contributed by atoms with van der Waals surface area (Å²) in [6, 6.07) is 0.765. The van der Waals surface area contributed by atoms with E-state index in [1.54, 1.807) is 0 Å². The molecule has 0 bridgehead atoms. The van der Waals surface area contributed by atoms with Gasteiger partial charge in [-0.1, -0.05) is 11.3 Å². The van der Waals surface area contributed by atoms with Crippen molar-refractivity contribution in [3.63, 3.8) is 0 Å². The number of nitrogens with two attached hydrogens (primary N) is 1. The average molecular weight is 281 g/mol. The molecule has 6 nitrogen and oxygen atoms in total. The molecule has 1 saturated heterocycles. The van der Waals surface area contributed by atoms with Crippen molar-refractivity contribution in [2.75, 3.05) is 24.1 Å². The number of aromatic nitrogens is 1. The van der Waals surface area contributed by atoms with Gasteiger partial charge in [-0.15, -0.1) is 0 Å². The molecular weight excluding hydrogens is 262 g/mol. The average Bonchev–Trinajstić information content (AvgIpc) is 3.13. The Kier molecular flexibility index (Phi) is 3.56. The van der Waals surface area contributed by atoms with Crippen LogP contribution in [0, 0.1) is 0 Å².